The third-order valence-electron chi connectivity index (χ3n) is 3.24. The van der Waals surface area contributed by atoms with Crippen LogP contribution in [0.15, 0.2) is 53.4 Å². The first kappa shape index (κ1) is 15.7. The summed E-state index contributed by atoms with van der Waals surface area (Å²) in [6.07, 6.45) is 1.16. The van der Waals surface area contributed by atoms with E-state index in [0.717, 1.165) is 11.8 Å². The molecule has 0 fully saturated rings. The van der Waals surface area contributed by atoms with Crippen LogP contribution in [-0.2, 0) is 9.84 Å². The van der Waals surface area contributed by atoms with Gasteiger partial charge < -0.3 is 5.32 Å². The molecule has 0 spiro atoms. The van der Waals surface area contributed by atoms with Crippen molar-refractivity contribution in [2.24, 2.45) is 0 Å². The highest BCUT2D eigenvalue weighted by Gasteiger charge is 2.18. The van der Waals surface area contributed by atoms with Crippen LogP contribution in [0.1, 0.15) is 24.1 Å². The SMILES string of the molecule is CCNC(c1cccc(S(C)(=O)=O)c1)c1ccccc1F. The Labute approximate surface area is 124 Å². The molecule has 1 atom stereocenters. The number of hydrogen-bond acceptors (Lipinski definition) is 3. The predicted octanol–water partition coefficient (Wildman–Crippen LogP) is 2.93. The average Bonchev–Trinajstić information content (AvgIpc) is 2.45. The fraction of sp³-hybridized carbons (Fsp3) is 0.250. The van der Waals surface area contributed by atoms with Gasteiger partial charge in [0.2, 0.25) is 0 Å². The number of benzene rings is 2. The van der Waals surface area contributed by atoms with Crippen molar-refractivity contribution in [3.63, 3.8) is 0 Å². The van der Waals surface area contributed by atoms with Gasteiger partial charge in [0, 0.05) is 11.8 Å². The lowest BCUT2D eigenvalue weighted by molar-refractivity contribution is 0.558. The number of hydrogen-bond donors (Lipinski definition) is 1. The third-order valence-corrected chi connectivity index (χ3v) is 4.35. The molecule has 0 aromatic heterocycles. The van der Waals surface area contributed by atoms with E-state index in [1.807, 2.05) is 6.92 Å². The molecule has 0 heterocycles. The molecule has 21 heavy (non-hydrogen) atoms. The summed E-state index contributed by atoms with van der Waals surface area (Å²) in [5.74, 6) is -0.312. The van der Waals surface area contributed by atoms with Gasteiger partial charge in [-0.25, -0.2) is 12.8 Å². The van der Waals surface area contributed by atoms with Crippen molar-refractivity contribution in [1.82, 2.24) is 5.32 Å². The van der Waals surface area contributed by atoms with Gasteiger partial charge in [0.25, 0.3) is 0 Å². The maximum Gasteiger partial charge on any atom is 0.175 e. The Kier molecular flexibility index (Phi) is 4.75. The maximum atomic E-state index is 14.0. The van der Waals surface area contributed by atoms with Crippen LogP contribution in [0.3, 0.4) is 0 Å². The molecule has 0 aliphatic rings. The molecule has 3 nitrogen and oxygen atoms in total. The minimum atomic E-state index is -3.29. The summed E-state index contributed by atoms with van der Waals surface area (Å²) in [6.45, 7) is 2.57. The van der Waals surface area contributed by atoms with Gasteiger partial charge in [-0.05, 0) is 30.3 Å². The van der Waals surface area contributed by atoms with Crippen LogP contribution < -0.4 is 5.32 Å². The summed E-state index contributed by atoms with van der Waals surface area (Å²) in [6, 6.07) is 12.7. The molecule has 0 aliphatic heterocycles. The van der Waals surface area contributed by atoms with E-state index in [-0.39, 0.29) is 16.8 Å². The van der Waals surface area contributed by atoms with Crippen LogP contribution in [0.2, 0.25) is 0 Å². The molecule has 112 valence electrons. The van der Waals surface area contributed by atoms with E-state index in [9.17, 15) is 12.8 Å². The Morgan fingerprint density at radius 3 is 2.48 bits per heavy atom. The molecule has 0 amide bonds. The van der Waals surface area contributed by atoms with Gasteiger partial charge in [0.15, 0.2) is 9.84 Å². The van der Waals surface area contributed by atoms with Crippen LogP contribution in [0, 0.1) is 5.82 Å². The van der Waals surface area contributed by atoms with Gasteiger partial charge in [-0.2, -0.15) is 0 Å². The Bertz CT molecular complexity index is 729. The molecule has 1 N–H and O–H groups in total. The van der Waals surface area contributed by atoms with E-state index >= 15 is 0 Å². The first-order valence-electron chi connectivity index (χ1n) is 6.71. The van der Waals surface area contributed by atoms with Crippen LogP contribution in [0.5, 0.6) is 0 Å². The quantitative estimate of drug-likeness (QED) is 0.924. The van der Waals surface area contributed by atoms with Crippen molar-refractivity contribution >= 4 is 9.84 Å². The van der Waals surface area contributed by atoms with Crippen molar-refractivity contribution in [2.75, 3.05) is 12.8 Å². The Hall–Kier alpha value is -1.72. The number of sulfone groups is 1. The lowest BCUT2D eigenvalue weighted by atomic mass is 9.98. The summed E-state index contributed by atoms with van der Waals surface area (Å²) in [4.78, 5) is 0.235. The lowest BCUT2D eigenvalue weighted by Gasteiger charge is -2.20. The minimum Gasteiger partial charge on any atom is -0.306 e. The smallest absolute Gasteiger partial charge is 0.175 e. The second-order valence-corrected chi connectivity index (χ2v) is 6.87. The van der Waals surface area contributed by atoms with E-state index in [1.54, 1.807) is 42.5 Å². The van der Waals surface area contributed by atoms with Crippen LogP contribution in [0.25, 0.3) is 0 Å². The highest BCUT2D eigenvalue weighted by molar-refractivity contribution is 7.90. The summed E-state index contributed by atoms with van der Waals surface area (Å²) in [5.41, 5.74) is 1.23. The zero-order valence-corrected chi connectivity index (χ0v) is 12.8. The zero-order chi connectivity index (χ0) is 15.5. The second-order valence-electron chi connectivity index (χ2n) is 4.86. The Morgan fingerprint density at radius 2 is 1.86 bits per heavy atom. The van der Waals surface area contributed by atoms with Crippen molar-refractivity contribution in [2.45, 2.75) is 17.9 Å². The lowest BCUT2D eigenvalue weighted by Crippen LogP contribution is -2.23. The fourth-order valence-corrected chi connectivity index (χ4v) is 2.92. The Balaban J connectivity index is 2.51. The zero-order valence-electron chi connectivity index (χ0n) is 12.0. The van der Waals surface area contributed by atoms with Crippen LogP contribution in [0.4, 0.5) is 4.39 Å². The van der Waals surface area contributed by atoms with Gasteiger partial charge in [-0.15, -0.1) is 0 Å². The molecular weight excluding hydrogens is 289 g/mol. The predicted molar refractivity (Wildman–Crippen MR) is 81.5 cm³/mol. The standard InChI is InChI=1S/C16H18FNO2S/c1-3-18-16(14-9-4-5-10-15(14)17)12-7-6-8-13(11-12)21(2,19)20/h4-11,16,18H,3H2,1-2H3. The number of halogens is 1. The normalized spacial score (nSPS) is 13.1. The van der Waals surface area contributed by atoms with Crippen molar-refractivity contribution in [3.8, 4) is 0 Å². The largest absolute Gasteiger partial charge is 0.306 e. The van der Waals surface area contributed by atoms with Gasteiger partial charge >= 0.3 is 0 Å². The highest BCUT2D eigenvalue weighted by atomic mass is 32.2. The van der Waals surface area contributed by atoms with Crippen molar-refractivity contribution in [3.05, 3.63) is 65.5 Å². The topological polar surface area (TPSA) is 46.2 Å². The average molecular weight is 307 g/mol. The fourth-order valence-electron chi connectivity index (χ4n) is 2.25. The van der Waals surface area contributed by atoms with E-state index < -0.39 is 9.84 Å². The molecule has 0 bridgehead atoms. The molecule has 0 aliphatic carbocycles. The summed E-state index contributed by atoms with van der Waals surface area (Å²) >= 11 is 0. The van der Waals surface area contributed by atoms with Crippen LogP contribution in [-0.4, -0.2) is 21.2 Å². The van der Waals surface area contributed by atoms with Gasteiger partial charge in [0.1, 0.15) is 5.82 Å². The molecular formula is C16H18FNO2S. The van der Waals surface area contributed by atoms with E-state index in [4.69, 9.17) is 0 Å². The molecule has 2 aromatic rings. The summed E-state index contributed by atoms with van der Waals surface area (Å²) in [7, 11) is -3.29. The first-order valence-corrected chi connectivity index (χ1v) is 8.60. The van der Waals surface area contributed by atoms with Crippen molar-refractivity contribution < 1.29 is 12.8 Å². The molecule has 2 rings (SSSR count). The Morgan fingerprint density at radius 1 is 1.14 bits per heavy atom. The molecule has 0 radical (unpaired) electrons. The van der Waals surface area contributed by atoms with Crippen LogP contribution >= 0.6 is 0 Å². The monoisotopic (exact) mass is 307 g/mol. The number of rotatable bonds is 5. The van der Waals surface area contributed by atoms with Gasteiger partial charge in [-0.3, -0.25) is 0 Å². The molecule has 0 saturated heterocycles. The second kappa shape index (κ2) is 6.37. The number of nitrogens with one attached hydrogen (secondary N) is 1. The minimum absolute atomic E-state index is 0.235. The van der Waals surface area contributed by atoms with Gasteiger partial charge in [-0.1, -0.05) is 37.3 Å². The first-order chi connectivity index (χ1) is 9.93. The highest BCUT2D eigenvalue weighted by Crippen LogP contribution is 2.26. The maximum absolute atomic E-state index is 14.0. The van der Waals surface area contributed by atoms with Crippen molar-refractivity contribution in [1.29, 1.82) is 0 Å². The van der Waals surface area contributed by atoms with Gasteiger partial charge in [0.05, 0.1) is 10.9 Å². The molecule has 5 heteroatoms. The third kappa shape index (κ3) is 3.68. The van der Waals surface area contributed by atoms with E-state index in [0.29, 0.717) is 12.1 Å². The summed E-state index contributed by atoms with van der Waals surface area (Å²) < 4.78 is 37.4. The molecule has 0 saturated carbocycles. The van der Waals surface area contributed by atoms with E-state index in [2.05, 4.69) is 5.32 Å². The molecule has 1 unspecified atom stereocenters. The molecule has 2 aromatic carbocycles. The summed E-state index contributed by atoms with van der Waals surface area (Å²) in [5, 5.41) is 3.20. The van der Waals surface area contributed by atoms with E-state index in [1.165, 1.54) is 6.07 Å².